The smallest absolute Gasteiger partial charge is 0.353 e. The van der Waals surface area contributed by atoms with E-state index in [-0.39, 0.29) is 5.69 Å². The normalized spacial score (nSPS) is 10.5. The van der Waals surface area contributed by atoms with Crippen molar-refractivity contribution in [2.75, 3.05) is 0 Å². The van der Waals surface area contributed by atoms with Crippen molar-refractivity contribution < 1.29 is 9.90 Å². The summed E-state index contributed by atoms with van der Waals surface area (Å²) < 4.78 is 0. The van der Waals surface area contributed by atoms with Crippen molar-refractivity contribution in [3.8, 4) is 22.6 Å². The molecule has 6 nitrogen and oxygen atoms in total. The van der Waals surface area contributed by atoms with E-state index in [1.54, 1.807) is 0 Å². The van der Waals surface area contributed by atoms with Gasteiger partial charge in [0.15, 0.2) is 0 Å². The molecule has 0 aliphatic heterocycles. The maximum atomic E-state index is 10.8. The zero-order valence-corrected chi connectivity index (χ0v) is 9.79. The van der Waals surface area contributed by atoms with Gasteiger partial charge in [-0.3, -0.25) is 10.2 Å². The molecule has 94 valence electrons. The van der Waals surface area contributed by atoms with E-state index in [0.717, 1.165) is 11.3 Å². The number of aromatic amines is 2. The summed E-state index contributed by atoms with van der Waals surface area (Å²) in [7, 11) is 0. The summed E-state index contributed by atoms with van der Waals surface area (Å²) in [6.45, 7) is 0. The van der Waals surface area contributed by atoms with Gasteiger partial charge in [0.2, 0.25) is 0 Å². The van der Waals surface area contributed by atoms with Gasteiger partial charge in [-0.1, -0.05) is 30.3 Å². The Morgan fingerprint density at radius 2 is 1.74 bits per heavy atom. The van der Waals surface area contributed by atoms with Crippen LogP contribution < -0.4 is 0 Å². The summed E-state index contributed by atoms with van der Waals surface area (Å²) in [5.74, 6) is -1.04. The first kappa shape index (κ1) is 11.2. The number of aromatic nitrogens is 4. The molecule has 3 aromatic rings. The van der Waals surface area contributed by atoms with Crippen LogP contribution in [0.5, 0.6) is 0 Å². The van der Waals surface area contributed by atoms with Crippen molar-refractivity contribution >= 4 is 5.97 Å². The molecule has 1 aromatic carbocycles. The molecule has 0 bridgehead atoms. The average Bonchev–Trinajstić information content (AvgIpc) is 3.09. The number of hydrogen-bond acceptors (Lipinski definition) is 3. The minimum atomic E-state index is -1.04. The third-order valence-electron chi connectivity index (χ3n) is 2.73. The lowest BCUT2D eigenvalue weighted by atomic mass is 10.1. The van der Waals surface area contributed by atoms with Gasteiger partial charge in [0.05, 0.1) is 11.4 Å². The largest absolute Gasteiger partial charge is 0.477 e. The number of carbonyl (C=O) groups is 1. The van der Waals surface area contributed by atoms with Crippen molar-refractivity contribution in [2.24, 2.45) is 0 Å². The maximum Gasteiger partial charge on any atom is 0.353 e. The molecule has 19 heavy (non-hydrogen) atoms. The van der Waals surface area contributed by atoms with E-state index in [1.165, 1.54) is 6.07 Å². The molecule has 0 aliphatic rings. The van der Waals surface area contributed by atoms with Crippen LogP contribution in [0.3, 0.4) is 0 Å². The third kappa shape index (κ3) is 2.11. The summed E-state index contributed by atoms with van der Waals surface area (Å²) in [6, 6.07) is 13.0. The van der Waals surface area contributed by atoms with Crippen LogP contribution in [0.4, 0.5) is 0 Å². The maximum absolute atomic E-state index is 10.8. The van der Waals surface area contributed by atoms with Crippen LogP contribution in [0.2, 0.25) is 0 Å². The van der Waals surface area contributed by atoms with Gasteiger partial charge in [-0.15, -0.1) is 0 Å². The van der Waals surface area contributed by atoms with E-state index in [9.17, 15) is 4.79 Å². The molecule has 0 aliphatic carbocycles. The second kappa shape index (κ2) is 4.41. The lowest BCUT2D eigenvalue weighted by Crippen LogP contribution is -1.95. The highest BCUT2D eigenvalue weighted by Gasteiger charge is 2.11. The average molecular weight is 254 g/mol. The molecule has 0 saturated heterocycles. The van der Waals surface area contributed by atoms with Gasteiger partial charge < -0.3 is 5.11 Å². The minimum absolute atomic E-state index is 0.0471. The Kier molecular flexibility index (Phi) is 2.60. The molecule has 2 heterocycles. The number of nitrogens with one attached hydrogen (secondary N) is 2. The van der Waals surface area contributed by atoms with Gasteiger partial charge >= 0.3 is 5.97 Å². The van der Waals surface area contributed by atoms with E-state index in [0.29, 0.717) is 11.4 Å². The number of H-pyrrole nitrogens is 2. The molecule has 0 atom stereocenters. The van der Waals surface area contributed by atoms with Gasteiger partial charge in [-0.05, 0) is 6.07 Å². The van der Waals surface area contributed by atoms with Crippen LogP contribution in [0.15, 0.2) is 42.5 Å². The Labute approximate surface area is 108 Å². The fraction of sp³-hybridized carbons (Fsp3) is 0. The number of benzene rings is 1. The van der Waals surface area contributed by atoms with E-state index < -0.39 is 5.97 Å². The highest BCUT2D eigenvalue weighted by atomic mass is 16.4. The molecular weight excluding hydrogens is 244 g/mol. The fourth-order valence-corrected chi connectivity index (χ4v) is 1.78. The standard InChI is InChI=1S/C13H10N4O2/c18-13(19)12-7-11(16-17-12)10-6-9(14-15-10)8-4-2-1-3-5-8/h1-7H,(H,14,15)(H,16,17)(H,18,19). The molecule has 6 heteroatoms. The molecule has 0 radical (unpaired) electrons. The number of carboxylic acids is 1. The van der Waals surface area contributed by atoms with Crippen LogP contribution >= 0.6 is 0 Å². The van der Waals surface area contributed by atoms with Crippen LogP contribution in [0.25, 0.3) is 22.6 Å². The van der Waals surface area contributed by atoms with Crippen molar-refractivity contribution in [2.45, 2.75) is 0 Å². The first-order valence-electron chi connectivity index (χ1n) is 5.64. The van der Waals surface area contributed by atoms with Crippen LogP contribution in [-0.4, -0.2) is 31.5 Å². The third-order valence-corrected chi connectivity index (χ3v) is 2.73. The Morgan fingerprint density at radius 1 is 1.00 bits per heavy atom. The zero-order valence-electron chi connectivity index (χ0n) is 9.79. The molecule has 3 rings (SSSR count). The molecule has 0 unspecified atom stereocenters. The predicted octanol–water partition coefficient (Wildman–Crippen LogP) is 2.16. The number of rotatable bonds is 3. The molecule has 0 saturated carbocycles. The fourth-order valence-electron chi connectivity index (χ4n) is 1.78. The van der Waals surface area contributed by atoms with Gasteiger partial charge in [-0.2, -0.15) is 10.2 Å². The van der Waals surface area contributed by atoms with Crippen LogP contribution in [0.1, 0.15) is 10.5 Å². The van der Waals surface area contributed by atoms with Crippen molar-refractivity contribution in [1.82, 2.24) is 20.4 Å². The number of aromatic carboxylic acids is 1. The summed E-state index contributed by atoms with van der Waals surface area (Å²) >= 11 is 0. The number of hydrogen-bond donors (Lipinski definition) is 3. The summed E-state index contributed by atoms with van der Waals surface area (Å²) in [4.78, 5) is 10.8. The Balaban J connectivity index is 1.94. The molecular formula is C13H10N4O2. The Morgan fingerprint density at radius 3 is 2.42 bits per heavy atom. The Hall–Kier alpha value is -2.89. The van der Waals surface area contributed by atoms with E-state index in [2.05, 4.69) is 20.4 Å². The lowest BCUT2D eigenvalue weighted by molar-refractivity contribution is 0.0690. The van der Waals surface area contributed by atoms with E-state index in [4.69, 9.17) is 5.11 Å². The number of carboxylic acid groups (broad SMARTS) is 1. The summed E-state index contributed by atoms with van der Waals surface area (Å²) in [5, 5.41) is 22.3. The van der Waals surface area contributed by atoms with E-state index in [1.807, 2.05) is 36.4 Å². The first-order valence-corrected chi connectivity index (χ1v) is 5.64. The van der Waals surface area contributed by atoms with Crippen LogP contribution in [0, 0.1) is 0 Å². The van der Waals surface area contributed by atoms with Crippen molar-refractivity contribution in [3.05, 3.63) is 48.2 Å². The highest BCUT2D eigenvalue weighted by molar-refractivity contribution is 5.86. The monoisotopic (exact) mass is 254 g/mol. The van der Waals surface area contributed by atoms with Crippen molar-refractivity contribution in [3.63, 3.8) is 0 Å². The zero-order chi connectivity index (χ0) is 13.2. The molecule has 0 spiro atoms. The Bertz CT molecular complexity index is 715. The van der Waals surface area contributed by atoms with E-state index >= 15 is 0 Å². The van der Waals surface area contributed by atoms with Gasteiger partial charge in [0.1, 0.15) is 11.4 Å². The SMILES string of the molecule is O=C(O)c1cc(-c2cc(-c3ccccc3)n[nH]2)n[nH]1. The van der Waals surface area contributed by atoms with Crippen molar-refractivity contribution in [1.29, 1.82) is 0 Å². The van der Waals surface area contributed by atoms with Gasteiger partial charge in [0, 0.05) is 11.6 Å². The minimum Gasteiger partial charge on any atom is -0.477 e. The quantitative estimate of drug-likeness (QED) is 0.667. The molecule has 2 aromatic heterocycles. The lowest BCUT2D eigenvalue weighted by Gasteiger charge is -1.92. The second-order valence-corrected chi connectivity index (χ2v) is 4.00. The molecule has 3 N–H and O–H groups in total. The van der Waals surface area contributed by atoms with Gasteiger partial charge in [-0.25, -0.2) is 4.79 Å². The van der Waals surface area contributed by atoms with Crippen LogP contribution in [-0.2, 0) is 0 Å². The number of nitrogens with zero attached hydrogens (tertiary/aromatic N) is 2. The summed E-state index contributed by atoms with van der Waals surface area (Å²) in [5.41, 5.74) is 3.01. The highest BCUT2D eigenvalue weighted by Crippen LogP contribution is 2.22. The summed E-state index contributed by atoms with van der Waals surface area (Å²) in [6.07, 6.45) is 0. The predicted molar refractivity (Wildman–Crippen MR) is 68.6 cm³/mol. The topological polar surface area (TPSA) is 94.7 Å². The molecule has 0 amide bonds. The first-order chi connectivity index (χ1) is 9.24. The molecule has 0 fully saturated rings. The van der Waals surface area contributed by atoms with Gasteiger partial charge in [0.25, 0.3) is 0 Å². The second-order valence-electron chi connectivity index (χ2n) is 4.00.